The van der Waals surface area contributed by atoms with Crippen LogP contribution in [0.3, 0.4) is 0 Å². The Bertz CT molecular complexity index is 186. The van der Waals surface area contributed by atoms with Crippen molar-refractivity contribution < 1.29 is 0 Å². The van der Waals surface area contributed by atoms with Crippen LogP contribution in [0.15, 0.2) is 0 Å². The molecule has 0 aliphatic carbocycles. The first-order valence-corrected chi connectivity index (χ1v) is 15.0. The summed E-state index contributed by atoms with van der Waals surface area (Å²) in [5, 5.41) is 0. The molecule has 0 amide bonds. The van der Waals surface area contributed by atoms with Gasteiger partial charge in [-0.05, 0) is 0 Å². The van der Waals surface area contributed by atoms with Crippen molar-refractivity contribution >= 4 is 21.7 Å². The van der Waals surface area contributed by atoms with E-state index in [1.807, 2.05) is 0 Å². The Balaban J connectivity index is 4.40. The van der Waals surface area contributed by atoms with Gasteiger partial charge in [-0.3, -0.25) is 0 Å². The minimum absolute atomic E-state index is 1.19. The summed E-state index contributed by atoms with van der Waals surface area (Å²) in [5.74, 6) is 0. The first-order valence-electron chi connectivity index (χ1n) is 8.85. The SMILES string of the molecule is CCN(CC)CC[N](CCN(CC)CC)[In]([CH2]C)[CH2]C. The van der Waals surface area contributed by atoms with Crippen molar-refractivity contribution in [3.05, 3.63) is 0 Å². The molecule has 0 atom stereocenters. The fourth-order valence-electron chi connectivity index (χ4n) is 2.90. The van der Waals surface area contributed by atoms with Crippen LogP contribution in [0.2, 0.25) is 8.35 Å². The molecule has 0 saturated carbocycles. The Morgan fingerprint density at radius 3 is 1.15 bits per heavy atom. The van der Waals surface area contributed by atoms with Crippen LogP contribution in [0.5, 0.6) is 0 Å². The standard InChI is InChI=1S/C12H28N3.2C2H5.In/c1-5-14(6-2)11-9-13-10-12-15(7-3)8-4;2*1-2;/h5-12H2,1-4H3;2*1H2,2H3;/q-1;;;+1. The zero-order valence-electron chi connectivity index (χ0n) is 15.0. The summed E-state index contributed by atoms with van der Waals surface area (Å²) in [6, 6.07) is 0. The normalized spacial score (nSPS) is 11.8. The van der Waals surface area contributed by atoms with Crippen LogP contribution in [0.1, 0.15) is 41.5 Å². The zero-order chi connectivity index (χ0) is 15.4. The molecule has 0 fully saturated rings. The molecule has 0 radical (unpaired) electrons. The summed E-state index contributed by atoms with van der Waals surface area (Å²) in [6.07, 6.45) is 0. The molecule has 0 unspecified atom stereocenters. The number of hydrogen-bond donors (Lipinski definition) is 0. The third kappa shape index (κ3) is 8.26. The Labute approximate surface area is 136 Å². The van der Waals surface area contributed by atoms with Gasteiger partial charge in [0.25, 0.3) is 0 Å². The number of hydrogen-bond acceptors (Lipinski definition) is 3. The van der Waals surface area contributed by atoms with Gasteiger partial charge in [0.05, 0.1) is 0 Å². The molecule has 0 aromatic carbocycles. The number of rotatable bonds is 13. The van der Waals surface area contributed by atoms with Gasteiger partial charge in [-0.25, -0.2) is 0 Å². The minimum atomic E-state index is -1.43. The van der Waals surface area contributed by atoms with Gasteiger partial charge in [-0.1, -0.05) is 0 Å². The van der Waals surface area contributed by atoms with Crippen molar-refractivity contribution in [1.82, 2.24) is 12.7 Å². The van der Waals surface area contributed by atoms with E-state index in [-0.39, 0.29) is 0 Å². The predicted octanol–water partition coefficient (Wildman–Crippen LogP) is 3.00. The maximum atomic E-state index is 2.93. The van der Waals surface area contributed by atoms with Crippen LogP contribution in [-0.4, -0.2) is 86.8 Å². The molecular formula is C16H38InN3. The molecule has 0 rings (SSSR count). The molecule has 0 aromatic rings. The number of nitrogens with zero attached hydrogens (tertiary/aromatic N) is 3. The fraction of sp³-hybridized carbons (Fsp3) is 1.00. The summed E-state index contributed by atoms with van der Waals surface area (Å²) in [4.78, 5) is 5.14. The van der Waals surface area contributed by atoms with E-state index in [0.29, 0.717) is 0 Å². The topological polar surface area (TPSA) is 9.72 Å². The molecule has 120 valence electrons. The van der Waals surface area contributed by atoms with Crippen molar-refractivity contribution in [2.45, 2.75) is 49.9 Å². The van der Waals surface area contributed by atoms with Crippen LogP contribution in [0.4, 0.5) is 0 Å². The molecule has 20 heavy (non-hydrogen) atoms. The molecule has 0 saturated heterocycles. The van der Waals surface area contributed by atoms with E-state index in [2.05, 4.69) is 54.2 Å². The van der Waals surface area contributed by atoms with E-state index in [9.17, 15) is 0 Å². The Morgan fingerprint density at radius 2 is 0.900 bits per heavy atom. The van der Waals surface area contributed by atoms with Gasteiger partial charge < -0.3 is 0 Å². The Kier molecular flexibility index (Phi) is 13.9. The molecule has 4 heteroatoms. The second kappa shape index (κ2) is 13.4. The monoisotopic (exact) mass is 387 g/mol. The van der Waals surface area contributed by atoms with Crippen molar-refractivity contribution in [2.75, 3.05) is 52.4 Å². The second-order valence-corrected chi connectivity index (χ2v) is 16.0. The summed E-state index contributed by atoms with van der Waals surface area (Å²) < 4.78 is 5.89. The first-order chi connectivity index (χ1) is 9.66. The third-order valence-electron chi connectivity index (χ3n) is 4.65. The quantitative estimate of drug-likeness (QED) is 0.481. The average Bonchev–Trinajstić information content (AvgIpc) is 2.49. The molecular weight excluding hydrogens is 349 g/mol. The van der Waals surface area contributed by atoms with E-state index < -0.39 is 21.7 Å². The van der Waals surface area contributed by atoms with Crippen molar-refractivity contribution in [3.63, 3.8) is 0 Å². The van der Waals surface area contributed by atoms with E-state index >= 15 is 0 Å². The summed E-state index contributed by atoms with van der Waals surface area (Å²) >= 11 is -1.43. The molecule has 0 heterocycles. The molecule has 3 nitrogen and oxygen atoms in total. The summed E-state index contributed by atoms with van der Waals surface area (Å²) in [7, 11) is 0. The van der Waals surface area contributed by atoms with E-state index in [1.165, 1.54) is 60.7 Å². The summed E-state index contributed by atoms with van der Waals surface area (Å²) in [5.41, 5.74) is 0. The molecule has 0 bridgehead atoms. The predicted molar refractivity (Wildman–Crippen MR) is 93.9 cm³/mol. The van der Waals surface area contributed by atoms with Crippen LogP contribution >= 0.6 is 0 Å². The summed E-state index contributed by atoms with van der Waals surface area (Å²) in [6.45, 7) is 23.9. The Hall–Kier alpha value is 0.750. The first kappa shape index (κ1) is 20.8. The fourth-order valence-corrected chi connectivity index (χ4v) is 10.2. The van der Waals surface area contributed by atoms with Gasteiger partial charge in [-0.2, -0.15) is 0 Å². The molecule has 0 aromatic heterocycles. The van der Waals surface area contributed by atoms with Crippen molar-refractivity contribution in [2.24, 2.45) is 0 Å². The van der Waals surface area contributed by atoms with Gasteiger partial charge in [0.15, 0.2) is 0 Å². The van der Waals surface area contributed by atoms with Gasteiger partial charge in [-0.15, -0.1) is 0 Å². The third-order valence-corrected chi connectivity index (χ3v) is 14.5. The van der Waals surface area contributed by atoms with E-state index in [0.717, 1.165) is 0 Å². The van der Waals surface area contributed by atoms with Gasteiger partial charge >= 0.3 is 137 Å². The second-order valence-electron chi connectivity index (χ2n) is 5.56. The zero-order valence-corrected chi connectivity index (χ0v) is 18.3. The van der Waals surface area contributed by atoms with Crippen molar-refractivity contribution in [3.8, 4) is 0 Å². The van der Waals surface area contributed by atoms with Crippen molar-refractivity contribution in [1.29, 1.82) is 0 Å². The molecule has 0 spiro atoms. The molecule has 0 aliphatic rings. The van der Waals surface area contributed by atoms with Gasteiger partial charge in [0, 0.05) is 0 Å². The van der Waals surface area contributed by atoms with Gasteiger partial charge in [0.1, 0.15) is 0 Å². The molecule has 0 aliphatic heterocycles. The molecule has 0 N–H and O–H groups in total. The van der Waals surface area contributed by atoms with E-state index in [4.69, 9.17) is 0 Å². The maximum absolute atomic E-state index is 2.93. The number of likely N-dealkylation sites (N-methyl/N-ethyl adjacent to an activating group) is 2. The van der Waals surface area contributed by atoms with Crippen LogP contribution in [0.25, 0.3) is 0 Å². The van der Waals surface area contributed by atoms with Crippen LogP contribution in [0, 0.1) is 0 Å². The van der Waals surface area contributed by atoms with E-state index in [1.54, 1.807) is 0 Å². The van der Waals surface area contributed by atoms with Crippen LogP contribution in [-0.2, 0) is 0 Å². The Morgan fingerprint density at radius 1 is 0.550 bits per heavy atom. The van der Waals surface area contributed by atoms with Gasteiger partial charge in [0.2, 0.25) is 0 Å². The average molecular weight is 387 g/mol. The van der Waals surface area contributed by atoms with Crippen LogP contribution < -0.4 is 0 Å².